The van der Waals surface area contributed by atoms with Crippen molar-refractivity contribution in [2.75, 3.05) is 19.8 Å². The van der Waals surface area contributed by atoms with E-state index < -0.39 is 90.8 Å². The van der Waals surface area contributed by atoms with E-state index in [2.05, 4.69) is 278 Å². The van der Waals surface area contributed by atoms with Crippen molar-refractivity contribution in [2.45, 2.75) is 189 Å². The van der Waals surface area contributed by atoms with Crippen molar-refractivity contribution >= 4 is 70.8 Å². The number of esters is 3. The lowest BCUT2D eigenvalue weighted by atomic mass is 9.31. The lowest BCUT2D eigenvalue weighted by molar-refractivity contribution is -0.260. The summed E-state index contributed by atoms with van der Waals surface area (Å²) in [5.41, 5.74) is -1.93. The van der Waals surface area contributed by atoms with Crippen LogP contribution in [0.4, 0.5) is 30.7 Å². The average Bonchev–Trinajstić information content (AvgIpc) is 0.673. The number of ether oxygens (including phenoxy) is 3. The SMILES string of the molecule is CC(F)(F)C(F)COC(=O)C12CC3CC4C5CC(CC41)CC2C5C3.O=C(OCC(F)(F)S(=O)(=O)[O-])C12CC3CC(CC(C3)C1)C2.O=C(OCC(F)(F)S(=O)(=O)[O-])C12CC3CC4C5CC(CC41)CC2C5C3.c1ccc([S+](c2ccccc2)c2ccccc2)cc1.c1ccc([S+](c2ccccc2)c2ccccc2)cc1.c1ccc([S+](c2ccccc2)c2ccccc2)cc1. The summed E-state index contributed by atoms with van der Waals surface area (Å²) in [6, 6.07) is 96.5. The van der Waals surface area contributed by atoms with E-state index in [1.54, 1.807) is 0 Å². The second-order valence-corrected chi connectivity index (χ2v) is 47.1. The maximum absolute atomic E-state index is 13.6. The van der Waals surface area contributed by atoms with Crippen molar-refractivity contribution < 1.29 is 85.3 Å². The molecule has 0 N–H and O–H groups in total. The van der Waals surface area contributed by atoms with Gasteiger partial charge < -0.3 is 23.3 Å². The number of benzene rings is 9. The number of alkyl halides is 7. The molecule has 0 aromatic heterocycles. The number of rotatable bonds is 21. The maximum Gasteiger partial charge on any atom is 0.367 e. The Bertz CT molecular complexity index is 4840. The zero-order valence-electron chi connectivity index (χ0n) is 70.8. The number of halogens is 7. The second-order valence-electron chi connectivity index (χ2n) is 38.0. The topological polar surface area (TPSA) is 193 Å². The molecule has 9 unspecified atom stereocenters. The molecule has 27 rings (SSSR count). The molecule has 20 bridgehead atoms. The molecular weight excluding hydrogens is 1720 g/mol. The first-order valence-electron chi connectivity index (χ1n) is 44.8. The van der Waals surface area contributed by atoms with E-state index in [0.717, 1.165) is 76.0 Å². The van der Waals surface area contributed by atoms with Crippen LogP contribution in [0.3, 0.4) is 0 Å². The Morgan fingerprint density at radius 1 is 0.323 bits per heavy atom. The third-order valence-corrected chi connectivity index (χ3v) is 39.0. The highest BCUT2D eigenvalue weighted by Gasteiger charge is 2.75. The van der Waals surface area contributed by atoms with Gasteiger partial charge in [0.25, 0.3) is 5.92 Å². The second kappa shape index (κ2) is 37.2. The summed E-state index contributed by atoms with van der Waals surface area (Å²) in [6.07, 6.45) is 15.7. The number of carbonyl (C=O) groups is 3. The van der Waals surface area contributed by atoms with Gasteiger partial charge in [-0.25, -0.2) is 30.0 Å². The Kier molecular flexibility index (Phi) is 26.6. The summed E-state index contributed by atoms with van der Waals surface area (Å²) in [6.45, 7) is -3.61. The first-order valence-corrected chi connectivity index (χ1v) is 51.3. The highest BCUT2D eigenvalue weighted by Crippen LogP contribution is 2.78. The van der Waals surface area contributed by atoms with E-state index >= 15 is 0 Å². The lowest BCUT2D eigenvalue weighted by Gasteiger charge is -2.73. The molecule has 24 heteroatoms. The fourth-order valence-corrected chi connectivity index (χ4v) is 33.2. The van der Waals surface area contributed by atoms with Gasteiger partial charge in [-0.15, -0.1) is 0 Å². The van der Waals surface area contributed by atoms with Crippen LogP contribution in [0.5, 0.6) is 0 Å². The molecule has 670 valence electrons. The van der Waals surface area contributed by atoms with Gasteiger partial charge in [-0.05, 0) is 325 Å². The fraction of sp³-hybridized carbons (Fsp3) is 0.447. The molecular formula is C103H108F7O12S5+. The van der Waals surface area contributed by atoms with Crippen molar-refractivity contribution in [1.29, 1.82) is 0 Å². The zero-order valence-corrected chi connectivity index (χ0v) is 74.9. The maximum atomic E-state index is 13.6. The molecule has 18 saturated carbocycles. The van der Waals surface area contributed by atoms with Crippen LogP contribution in [0, 0.1) is 117 Å². The third kappa shape index (κ3) is 18.5. The Morgan fingerprint density at radius 2 is 0.535 bits per heavy atom. The minimum atomic E-state index is -5.83. The third-order valence-electron chi connectivity index (χ3n) is 30.6. The van der Waals surface area contributed by atoms with Crippen molar-refractivity contribution in [3.8, 4) is 0 Å². The first-order chi connectivity index (χ1) is 60.9. The van der Waals surface area contributed by atoms with Crippen molar-refractivity contribution in [3.05, 3.63) is 273 Å². The van der Waals surface area contributed by atoms with E-state index in [1.807, 2.05) is 0 Å². The molecule has 9 atom stereocenters. The molecule has 0 amide bonds. The summed E-state index contributed by atoms with van der Waals surface area (Å²) in [7, 11) is -11.7. The molecule has 0 saturated heterocycles. The Balaban J connectivity index is 0.000000108. The molecule has 0 radical (unpaired) electrons. The zero-order chi connectivity index (χ0) is 88.8. The Labute approximate surface area is 749 Å². The smallest absolute Gasteiger partial charge is 0.367 e. The Hall–Kier alpha value is -8.23. The van der Waals surface area contributed by atoms with Gasteiger partial charge >= 0.3 is 28.4 Å². The number of hydrogen-bond donors (Lipinski definition) is 0. The van der Waals surface area contributed by atoms with Gasteiger partial charge in [0, 0.05) is 6.92 Å². The normalized spacial score (nSPS) is 30.7. The van der Waals surface area contributed by atoms with E-state index in [-0.39, 0.29) is 50.5 Å². The number of carbonyl (C=O) groups excluding carboxylic acids is 3. The molecule has 12 nitrogen and oxygen atoms in total. The van der Waals surface area contributed by atoms with Gasteiger partial charge in [0.15, 0.2) is 83.7 Å². The average molecular weight is 1830 g/mol. The van der Waals surface area contributed by atoms with Gasteiger partial charge in [0.05, 0.1) is 48.9 Å². The summed E-state index contributed by atoms with van der Waals surface area (Å²) in [5.74, 6) is 3.22. The van der Waals surface area contributed by atoms with E-state index in [4.69, 9.17) is 9.47 Å². The summed E-state index contributed by atoms with van der Waals surface area (Å²) < 4.78 is 171. The highest BCUT2D eigenvalue weighted by molar-refractivity contribution is 7.97. The molecule has 18 aliphatic rings. The van der Waals surface area contributed by atoms with E-state index in [1.165, 1.54) is 69.7 Å². The first kappa shape index (κ1) is 90.7. The lowest BCUT2D eigenvalue weighted by Crippen LogP contribution is -2.70. The van der Waals surface area contributed by atoms with Gasteiger partial charge in [-0.2, -0.15) is 17.6 Å². The van der Waals surface area contributed by atoms with Gasteiger partial charge in [0.1, 0.15) is 6.61 Å². The predicted octanol–water partition coefficient (Wildman–Crippen LogP) is 22.8. The van der Waals surface area contributed by atoms with Crippen molar-refractivity contribution in [1.82, 2.24) is 0 Å². The monoisotopic (exact) mass is 1830 g/mol. The highest BCUT2D eigenvalue weighted by atomic mass is 32.2. The minimum Gasteiger partial charge on any atom is -0.743 e. The standard InChI is InChI=1S/C19H25F3O2.3C18H15S.C17H22F2O5S.C13H18F2O5S/c1-18(21,22)16(20)8-24-17(23)19-7-10-3-12-11-2-9(5-14(12)19)6-15(19)13(11)4-10;3*1-4-10-16(11-5-1)19(17-12-6-2-7-13-17)18-14-8-3-9-15-18;18-17(19,25(21,22)23)7-24-15(20)16-6-9-2-11-10-1-8(4-13(11)16)5-14(16)12(10)3-9;14-13(15,21(17,18)19)7-20-11(16)12-4-8-1-9(5-12)3-10(2-8)6-12/h9-16H,2-8H2,1H3;3*1-15H;8-14H,1-7H2,(H,21,22,23);8-10H,1-7H2,(H,17,18,19)/q;3*+1;;/p-2. The van der Waals surface area contributed by atoms with Gasteiger partial charge in [0.2, 0.25) is 0 Å². The minimum absolute atomic E-state index is 0.0146. The molecule has 0 spiro atoms. The summed E-state index contributed by atoms with van der Waals surface area (Å²) >= 11 is 0. The molecule has 0 heterocycles. The molecule has 9 aromatic rings. The number of hydrogen-bond acceptors (Lipinski definition) is 12. The van der Waals surface area contributed by atoms with Crippen LogP contribution < -0.4 is 0 Å². The van der Waals surface area contributed by atoms with E-state index in [0.29, 0.717) is 110 Å². The predicted molar refractivity (Wildman–Crippen MR) is 472 cm³/mol. The largest absolute Gasteiger partial charge is 0.743 e. The van der Waals surface area contributed by atoms with Crippen molar-refractivity contribution in [3.63, 3.8) is 0 Å². The van der Waals surface area contributed by atoms with Gasteiger partial charge in [-0.1, -0.05) is 164 Å². The molecule has 0 aliphatic heterocycles. The molecule has 9 aromatic carbocycles. The van der Waals surface area contributed by atoms with Gasteiger partial charge in [-0.3, -0.25) is 14.4 Å². The van der Waals surface area contributed by atoms with Crippen LogP contribution >= 0.6 is 0 Å². The van der Waals surface area contributed by atoms with Crippen LogP contribution in [-0.2, 0) is 81.5 Å². The van der Waals surface area contributed by atoms with Crippen LogP contribution in [0.1, 0.15) is 122 Å². The quantitative estimate of drug-likeness (QED) is 0.0218. The van der Waals surface area contributed by atoms with Crippen LogP contribution in [0.2, 0.25) is 0 Å². The molecule has 127 heavy (non-hydrogen) atoms. The molecule has 18 aliphatic carbocycles. The van der Waals surface area contributed by atoms with Crippen LogP contribution in [0.25, 0.3) is 0 Å². The summed E-state index contributed by atoms with van der Waals surface area (Å²) in [4.78, 5) is 50.4. The van der Waals surface area contributed by atoms with Crippen LogP contribution in [-0.4, -0.2) is 86.3 Å². The Morgan fingerprint density at radius 3 is 0.764 bits per heavy atom. The molecule has 18 fully saturated rings. The van der Waals surface area contributed by atoms with Crippen LogP contribution in [0.15, 0.2) is 317 Å². The van der Waals surface area contributed by atoms with E-state index in [9.17, 15) is 71.1 Å². The summed E-state index contributed by atoms with van der Waals surface area (Å²) in [5, 5.41) is -9.13. The fourth-order valence-electron chi connectivity index (χ4n) is 26.4. The van der Waals surface area contributed by atoms with Crippen molar-refractivity contribution in [2.24, 2.45) is 117 Å².